The largest absolute Gasteiger partial charge is 0.369 e. The number of halogens is 1. The average Bonchev–Trinajstić information content (AvgIpc) is 3.00. The number of nitrogens with two attached hydrogens (primary N) is 1. The van der Waals surface area contributed by atoms with Gasteiger partial charge >= 0.3 is 0 Å². The van der Waals surface area contributed by atoms with Gasteiger partial charge in [-0.25, -0.2) is 0 Å². The number of para-hydroxylation sites is 1. The number of amides is 2. The van der Waals surface area contributed by atoms with Crippen molar-refractivity contribution in [2.24, 2.45) is 5.73 Å². The van der Waals surface area contributed by atoms with E-state index in [1.54, 1.807) is 12.1 Å². The summed E-state index contributed by atoms with van der Waals surface area (Å²) in [4.78, 5) is 24.3. The normalized spacial score (nSPS) is 11.1. The van der Waals surface area contributed by atoms with Crippen LogP contribution in [0.2, 0.25) is 5.02 Å². The van der Waals surface area contributed by atoms with Crippen LogP contribution in [0.1, 0.15) is 22.5 Å². The van der Waals surface area contributed by atoms with Gasteiger partial charge in [-0.1, -0.05) is 41.9 Å². The third-order valence-electron chi connectivity index (χ3n) is 4.63. The summed E-state index contributed by atoms with van der Waals surface area (Å²) >= 11 is 7.55. The lowest BCUT2D eigenvalue weighted by Crippen LogP contribution is -2.13. The number of benzene rings is 2. The molecule has 0 spiro atoms. The molecule has 1 heterocycles. The molecule has 3 N–H and O–H groups in total. The Morgan fingerprint density at radius 2 is 1.87 bits per heavy atom. The molecule has 2 aromatic carbocycles. The topological polar surface area (TPSA) is 90.0 Å². The Balaban J connectivity index is 1.72. The number of primary amides is 1. The van der Waals surface area contributed by atoms with Gasteiger partial charge in [-0.15, -0.1) is 11.8 Å². The monoisotopic (exact) mass is 454 g/mol. The van der Waals surface area contributed by atoms with Crippen molar-refractivity contribution in [1.29, 1.82) is 0 Å². The second kappa shape index (κ2) is 10.3. The van der Waals surface area contributed by atoms with Gasteiger partial charge < -0.3 is 11.1 Å². The summed E-state index contributed by atoms with van der Waals surface area (Å²) in [6.07, 6.45) is 3.24. The van der Waals surface area contributed by atoms with E-state index in [0.717, 1.165) is 27.4 Å². The molecule has 0 unspecified atom stereocenters. The van der Waals surface area contributed by atoms with Gasteiger partial charge in [0.1, 0.15) is 0 Å². The van der Waals surface area contributed by atoms with Crippen molar-refractivity contribution in [2.45, 2.75) is 25.3 Å². The third kappa shape index (κ3) is 5.99. The quantitative estimate of drug-likeness (QED) is 0.389. The fourth-order valence-corrected chi connectivity index (χ4v) is 4.01. The van der Waals surface area contributed by atoms with Gasteiger partial charge in [0.25, 0.3) is 0 Å². The third-order valence-corrected chi connectivity index (χ3v) is 6.10. The molecule has 0 fully saturated rings. The van der Waals surface area contributed by atoms with E-state index in [0.29, 0.717) is 17.3 Å². The molecule has 160 valence electrons. The minimum atomic E-state index is -0.411. The summed E-state index contributed by atoms with van der Waals surface area (Å²) in [7, 11) is 0. The van der Waals surface area contributed by atoms with Gasteiger partial charge in [-0.3, -0.25) is 14.3 Å². The molecule has 3 rings (SSSR count). The molecule has 8 heteroatoms. The molecule has 31 heavy (non-hydrogen) atoms. The van der Waals surface area contributed by atoms with Crippen molar-refractivity contribution in [3.63, 3.8) is 0 Å². The molecule has 0 aliphatic carbocycles. The van der Waals surface area contributed by atoms with E-state index in [1.807, 2.05) is 61.0 Å². The standard InChI is InChI=1S/C23H23ClN4O2S/c1-15-18(16(2)28(27-15)13-17-7-3-4-8-19(17)24)11-12-23(30)26-20-9-5-6-10-21(20)31-14-22(25)29/h3-12H,13-14H2,1-2H3,(H2,25,29)(H,26,30)/b12-11+. The molecule has 0 aliphatic heterocycles. The lowest BCUT2D eigenvalue weighted by molar-refractivity contribution is -0.115. The summed E-state index contributed by atoms with van der Waals surface area (Å²) < 4.78 is 1.88. The first-order chi connectivity index (χ1) is 14.8. The Kier molecular flexibility index (Phi) is 7.55. The Labute approximate surface area is 190 Å². The minimum Gasteiger partial charge on any atom is -0.369 e. The molecule has 0 bridgehead atoms. The van der Waals surface area contributed by atoms with Crippen molar-refractivity contribution in [3.05, 3.63) is 82.1 Å². The number of carbonyl (C=O) groups excluding carboxylic acids is 2. The summed E-state index contributed by atoms with van der Waals surface area (Å²) in [5.74, 6) is -0.540. The van der Waals surface area contributed by atoms with Crippen LogP contribution in [0, 0.1) is 13.8 Å². The van der Waals surface area contributed by atoms with Gasteiger partial charge in [0.2, 0.25) is 11.8 Å². The van der Waals surface area contributed by atoms with E-state index >= 15 is 0 Å². The van der Waals surface area contributed by atoms with E-state index in [9.17, 15) is 9.59 Å². The molecule has 0 radical (unpaired) electrons. The van der Waals surface area contributed by atoms with Gasteiger partial charge in [0, 0.05) is 27.3 Å². The second-order valence-corrected chi connectivity index (χ2v) is 8.33. The lowest BCUT2D eigenvalue weighted by atomic mass is 10.1. The highest BCUT2D eigenvalue weighted by atomic mass is 35.5. The first kappa shape index (κ1) is 22.7. The van der Waals surface area contributed by atoms with E-state index in [1.165, 1.54) is 17.8 Å². The van der Waals surface area contributed by atoms with Crippen LogP contribution in [-0.4, -0.2) is 27.3 Å². The lowest BCUT2D eigenvalue weighted by Gasteiger charge is -2.08. The van der Waals surface area contributed by atoms with Crippen molar-refractivity contribution < 1.29 is 9.59 Å². The molecular weight excluding hydrogens is 432 g/mol. The summed E-state index contributed by atoms with van der Waals surface area (Å²) in [6, 6.07) is 14.9. The molecule has 0 aliphatic rings. The van der Waals surface area contributed by atoms with E-state index in [-0.39, 0.29) is 11.7 Å². The number of aromatic nitrogens is 2. The van der Waals surface area contributed by atoms with Crippen LogP contribution >= 0.6 is 23.4 Å². The molecule has 3 aromatic rings. The van der Waals surface area contributed by atoms with E-state index < -0.39 is 5.91 Å². The highest BCUT2D eigenvalue weighted by molar-refractivity contribution is 8.00. The van der Waals surface area contributed by atoms with Crippen molar-refractivity contribution >= 4 is 46.9 Å². The zero-order valence-electron chi connectivity index (χ0n) is 17.3. The fraction of sp³-hybridized carbons (Fsp3) is 0.174. The highest BCUT2D eigenvalue weighted by Crippen LogP contribution is 2.27. The number of anilines is 1. The maximum absolute atomic E-state index is 12.5. The predicted octanol–water partition coefficient (Wildman–Crippen LogP) is 4.43. The average molecular weight is 455 g/mol. The summed E-state index contributed by atoms with van der Waals surface area (Å²) in [5.41, 5.74) is 9.48. The van der Waals surface area contributed by atoms with Crippen molar-refractivity contribution in [2.75, 3.05) is 11.1 Å². The molecule has 0 atom stereocenters. The number of nitrogens with one attached hydrogen (secondary N) is 1. The second-order valence-electron chi connectivity index (χ2n) is 6.91. The number of hydrogen-bond acceptors (Lipinski definition) is 4. The molecular formula is C23H23ClN4O2S. The van der Waals surface area contributed by atoms with Crippen LogP contribution < -0.4 is 11.1 Å². The smallest absolute Gasteiger partial charge is 0.248 e. The van der Waals surface area contributed by atoms with Crippen LogP contribution in [0.3, 0.4) is 0 Å². The SMILES string of the molecule is Cc1nn(Cc2ccccc2Cl)c(C)c1/C=C/C(=O)Nc1ccccc1SCC(N)=O. The number of nitrogens with zero attached hydrogens (tertiary/aromatic N) is 2. The number of aryl methyl sites for hydroxylation is 1. The molecule has 2 amide bonds. The maximum Gasteiger partial charge on any atom is 0.248 e. The van der Waals surface area contributed by atoms with Crippen LogP contribution in [-0.2, 0) is 16.1 Å². The van der Waals surface area contributed by atoms with Crippen LogP contribution in [0.15, 0.2) is 59.5 Å². The van der Waals surface area contributed by atoms with Crippen molar-refractivity contribution in [3.8, 4) is 0 Å². The Morgan fingerprint density at radius 1 is 1.16 bits per heavy atom. The Hall–Kier alpha value is -3.03. The zero-order valence-corrected chi connectivity index (χ0v) is 18.8. The highest BCUT2D eigenvalue weighted by Gasteiger charge is 2.12. The predicted molar refractivity (Wildman–Crippen MR) is 126 cm³/mol. The van der Waals surface area contributed by atoms with Crippen LogP contribution in [0.4, 0.5) is 5.69 Å². The maximum atomic E-state index is 12.5. The first-order valence-corrected chi connectivity index (χ1v) is 11.0. The van der Waals surface area contributed by atoms with Crippen molar-refractivity contribution in [1.82, 2.24) is 9.78 Å². The van der Waals surface area contributed by atoms with Crippen LogP contribution in [0.5, 0.6) is 0 Å². The van der Waals surface area contributed by atoms with E-state index in [4.69, 9.17) is 17.3 Å². The van der Waals surface area contributed by atoms with Gasteiger partial charge in [-0.05, 0) is 43.7 Å². The Bertz CT molecular complexity index is 1140. The summed E-state index contributed by atoms with van der Waals surface area (Å²) in [5, 5.41) is 8.14. The number of thioether (sulfide) groups is 1. The molecule has 0 saturated heterocycles. The Morgan fingerprint density at radius 3 is 2.61 bits per heavy atom. The molecule has 1 aromatic heterocycles. The minimum absolute atomic E-state index is 0.145. The van der Waals surface area contributed by atoms with Gasteiger partial charge in [0.05, 0.1) is 23.7 Å². The first-order valence-electron chi connectivity index (χ1n) is 9.61. The van der Waals surface area contributed by atoms with Gasteiger partial charge in [-0.2, -0.15) is 5.10 Å². The number of carbonyl (C=O) groups is 2. The zero-order chi connectivity index (χ0) is 22.4. The molecule has 6 nitrogen and oxygen atoms in total. The van der Waals surface area contributed by atoms with Crippen LogP contribution in [0.25, 0.3) is 6.08 Å². The molecule has 0 saturated carbocycles. The number of rotatable bonds is 8. The van der Waals surface area contributed by atoms with Gasteiger partial charge in [0.15, 0.2) is 0 Å². The van der Waals surface area contributed by atoms with E-state index in [2.05, 4.69) is 10.4 Å². The fourth-order valence-electron chi connectivity index (χ4n) is 3.07. The number of hydrogen-bond donors (Lipinski definition) is 2. The summed E-state index contributed by atoms with van der Waals surface area (Å²) in [6.45, 7) is 4.42.